The molecule has 0 aliphatic carbocycles. The Balaban J connectivity index is 3.02. The number of hydrogen-bond donors (Lipinski definition) is 1. The van der Waals surface area contributed by atoms with Gasteiger partial charge in [0.05, 0.1) is 19.8 Å². The van der Waals surface area contributed by atoms with Crippen LogP contribution in [-0.2, 0) is 9.47 Å². The zero-order valence-electron chi connectivity index (χ0n) is 9.22. The summed E-state index contributed by atoms with van der Waals surface area (Å²) in [5, 5.41) is 3.37. The van der Waals surface area contributed by atoms with Gasteiger partial charge in [-0.1, -0.05) is 0 Å². The Morgan fingerprint density at radius 2 is 2.07 bits per heavy atom. The smallest absolute Gasteiger partial charge is 0.0700 e. The first kappa shape index (κ1) is 14.2. The van der Waals surface area contributed by atoms with Gasteiger partial charge in [-0.3, -0.25) is 0 Å². The highest BCUT2D eigenvalue weighted by molar-refractivity contribution is 6.17. The van der Waals surface area contributed by atoms with Gasteiger partial charge in [0.1, 0.15) is 0 Å². The molecule has 0 saturated heterocycles. The molecule has 0 saturated carbocycles. The fourth-order valence-electron chi connectivity index (χ4n) is 1.11. The first-order chi connectivity index (χ1) is 6.81. The molecule has 0 aromatic carbocycles. The van der Waals surface area contributed by atoms with Gasteiger partial charge in [-0.05, 0) is 19.8 Å². The Hall–Kier alpha value is 0.170. The second-order valence-electron chi connectivity index (χ2n) is 3.29. The summed E-state index contributed by atoms with van der Waals surface area (Å²) < 4.78 is 10.2. The molecule has 0 aromatic rings. The highest BCUT2D eigenvalue weighted by atomic mass is 35.5. The van der Waals surface area contributed by atoms with Crippen molar-refractivity contribution in [1.29, 1.82) is 0 Å². The Bertz CT molecular complexity index is 114. The van der Waals surface area contributed by atoms with E-state index in [0.29, 0.717) is 19.3 Å². The molecule has 1 atom stereocenters. The minimum atomic E-state index is 0.528. The fourth-order valence-corrected chi connectivity index (χ4v) is 1.26. The van der Waals surface area contributed by atoms with Crippen molar-refractivity contribution in [2.75, 3.05) is 39.4 Å². The molecule has 0 radical (unpaired) electrons. The Morgan fingerprint density at radius 3 is 2.71 bits per heavy atom. The van der Waals surface area contributed by atoms with Crippen molar-refractivity contribution in [2.24, 2.45) is 0 Å². The summed E-state index contributed by atoms with van der Waals surface area (Å²) in [5.41, 5.74) is 0. The van der Waals surface area contributed by atoms with Gasteiger partial charge in [-0.2, -0.15) is 0 Å². The minimum absolute atomic E-state index is 0.528. The van der Waals surface area contributed by atoms with Gasteiger partial charge in [-0.15, -0.1) is 11.6 Å². The van der Waals surface area contributed by atoms with Crippen LogP contribution in [0.4, 0.5) is 0 Å². The molecular weight excluding hydrogens is 202 g/mol. The first-order valence-corrected chi connectivity index (χ1v) is 5.70. The zero-order valence-corrected chi connectivity index (χ0v) is 9.98. The summed E-state index contributed by atoms with van der Waals surface area (Å²) >= 11 is 5.60. The summed E-state index contributed by atoms with van der Waals surface area (Å²) in [5.74, 6) is 0.746. The van der Waals surface area contributed by atoms with Gasteiger partial charge in [0.25, 0.3) is 0 Å². The van der Waals surface area contributed by atoms with Gasteiger partial charge in [0, 0.05) is 25.6 Å². The lowest BCUT2D eigenvalue weighted by Gasteiger charge is -2.12. The van der Waals surface area contributed by atoms with Crippen molar-refractivity contribution in [2.45, 2.75) is 25.8 Å². The SMILES string of the molecule is COCCOCCNC(C)CCCCl. The normalized spacial score (nSPS) is 13.1. The Labute approximate surface area is 92.1 Å². The van der Waals surface area contributed by atoms with E-state index in [2.05, 4.69) is 12.2 Å². The Morgan fingerprint density at radius 1 is 1.29 bits per heavy atom. The molecular formula is C10H22ClNO2. The maximum Gasteiger partial charge on any atom is 0.0700 e. The van der Waals surface area contributed by atoms with E-state index in [1.165, 1.54) is 0 Å². The largest absolute Gasteiger partial charge is 0.382 e. The van der Waals surface area contributed by atoms with Crippen molar-refractivity contribution in [3.05, 3.63) is 0 Å². The van der Waals surface area contributed by atoms with Crippen molar-refractivity contribution < 1.29 is 9.47 Å². The zero-order chi connectivity index (χ0) is 10.6. The standard InChI is InChI=1S/C10H22ClNO2/c1-10(4-3-5-11)12-6-7-14-9-8-13-2/h10,12H,3-9H2,1-2H3. The number of halogens is 1. The third-order valence-corrected chi connectivity index (χ3v) is 2.21. The number of alkyl halides is 1. The molecule has 0 aliphatic heterocycles. The Kier molecular flexibility index (Phi) is 11.4. The van der Waals surface area contributed by atoms with E-state index in [1.54, 1.807) is 7.11 Å². The second kappa shape index (κ2) is 11.2. The van der Waals surface area contributed by atoms with Crippen molar-refractivity contribution in [3.8, 4) is 0 Å². The second-order valence-corrected chi connectivity index (χ2v) is 3.67. The van der Waals surface area contributed by atoms with Crippen LogP contribution < -0.4 is 5.32 Å². The van der Waals surface area contributed by atoms with Crippen LogP contribution in [-0.4, -0.2) is 45.4 Å². The van der Waals surface area contributed by atoms with Crippen molar-refractivity contribution >= 4 is 11.6 Å². The van der Waals surface area contributed by atoms with Crippen LogP contribution in [0.15, 0.2) is 0 Å². The molecule has 4 heteroatoms. The van der Waals surface area contributed by atoms with Crippen LogP contribution in [0.1, 0.15) is 19.8 Å². The van der Waals surface area contributed by atoms with Crippen LogP contribution in [0, 0.1) is 0 Å². The maximum atomic E-state index is 5.60. The predicted molar refractivity (Wildman–Crippen MR) is 60.1 cm³/mol. The number of nitrogens with one attached hydrogen (secondary N) is 1. The van der Waals surface area contributed by atoms with Crippen LogP contribution in [0.2, 0.25) is 0 Å². The molecule has 0 rings (SSSR count). The van der Waals surface area contributed by atoms with Gasteiger partial charge in [-0.25, -0.2) is 0 Å². The molecule has 0 bridgehead atoms. The monoisotopic (exact) mass is 223 g/mol. The molecule has 0 aliphatic rings. The van der Waals surface area contributed by atoms with Crippen LogP contribution in [0.3, 0.4) is 0 Å². The first-order valence-electron chi connectivity index (χ1n) is 5.17. The summed E-state index contributed by atoms with van der Waals surface area (Å²) in [4.78, 5) is 0. The summed E-state index contributed by atoms with van der Waals surface area (Å²) in [6.07, 6.45) is 2.20. The fraction of sp³-hybridized carbons (Fsp3) is 1.00. The molecule has 1 N–H and O–H groups in total. The molecule has 0 heterocycles. The quantitative estimate of drug-likeness (QED) is 0.451. The van der Waals surface area contributed by atoms with Crippen LogP contribution in [0.5, 0.6) is 0 Å². The average molecular weight is 224 g/mol. The topological polar surface area (TPSA) is 30.5 Å². The lowest BCUT2D eigenvalue weighted by atomic mass is 10.2. The van der Waals surface area contributed by atoms with Gasteiger partial charge in [0.15, 0.2) is 0 Å². The summed E-state index contributed by atoms with van der Waals surface area (Å²) in [6, 6.07) is 0.528. The van der Waals surface area contributed by atoms with Crippen LogP contribution >= 0.6 is 11.6 Å². The highest BCUT2D eigenvalue weighted by Crippen LogP contribution is 1.97. The van der Waals surface area contributed by atoms with Gasteiger partial charge >= 0.3 is 0 Å². The lowest BCUT2D eigenvalue weighted by Crippen LogP contribution is -2.29. The average Bonchev–Trinajstić information content (AvgIpc) is 2.20. The molecule has 3 nitrogen and oxygen atoms in total. The number of hydrogen-bond acceptors (Lipinski definition) is 3. The van der Waals surface area contributed by atoms with E-state index in [4.69, 9.17) is 21.1 Å². The van der Waals surface area contributed by atoms with Crippen molar-refractivity contribution in [3.63, 3.8) is 0 Å². The molecule has 0 fully saturated rings. The van der Waals surface area contributed by atoms with Gasteiger partial charge in [0.2, 0.25) is 0 Å². The minimum Gasteiger partial charge on any atom is -0.382 e. The molecule has 0 spiro atoms. The van der Waals surface area contributed by atoms with E-state index in [-0.39, 0.29) is 0 Å². The van der Waals surface area contributed by atoms with E-state index >= 15 is 0 Å². The lowest BCUT2D eigenvalue weighted by molar-refractivity contribution is 0.0711. The molecule has 0 amide bonds. The highest BCUT2D eigenvalue weighted by Gasteiger charge is 1.99. The van der Waals surface area contributed by atoms with Crippen molar-refractivity contribution in [1.82, 2.24) is 5.32 Å². The summed E-state index contributed by atoms with van der Waals surface area (Å²) in [7, 11) is 1.68. The van der Waals surface area contributed by atoms with Crippen LogP contribution in [0.25, 0.3) is 0 Å². The summed E-state index contributed by atoms with van der Waals surface area (Å²) in [6.45, 7) is 5.15. The third kappa shape index (κ3) is 10.3. The third-order valence-electron chi connectivity index (χ3n) is 1.94. The van der Waals surface area contributed by atoms with E-state index in [9.17, 15) is 0 Å². The van der Waals surface area contributed by atoms with Gasteiger partial charge < -0.3 is 14.8 Å². The number of rotatable bonds is 10. The number of methoxy groups -OCH3 is 1. The molecule has 1 unspecified atom stereocenters. The number of ether oxygens (including phenoxy) is 2. The molecule has 86 valence electrons. The van der Waals surface area contributed by atoms with E-state index in [1.807, 2.05) is 0 Å². The predicted octanol–water partition coefficient (Wildman–Crippen LogP) is 1.65. The maximum absolute atomic E-state index is 5.60. The van der Waals surface area contributed by atoms with E-state index < -0.39 is 0 Å². The van der Waals surface area contributed by atoms with E-state index in [0.717, 1.165) is 31.9 Å². The molecule has 14 heavy (non-hydrogen) atoms. The molecule has 0 aromatic heterocycles.